The standard InChI is InChI=1S/C31H44N2O10/c1-18-6-8-22-19(2)28(40-29-31(22)21(18)12-14-30(3,41-29)42-43-31)39-27(38)11-10-26(37)32-15-4-5-25(36)33-16-13-20-7-9-23(34)24(35)17-20/h7,9,17-19,21-22,28-29,34-35H,4-6,8,10-16H2,1-3H3,(H,32,37)(H,33,36)/t18-,19+,21+,22-,28-,29+,30-,31-/m1/s1. The highest BCUT2D eigenvalue weighted by Gasteiger charge is 2.69. The van der Waals surface area contributed by atoms with Gasteiger partial charge in [-0.1, -0.05) is 19.9 Å². The van der Waals surface area contributed by atoms with Crippen LogP contribution in [0.3, 0.4) is 0 Å². The van der Waals surface area contributed by atoms with Crippen LogP contribution in [0, 0.1) is 23.7 Å². The molecular weight excluding hydrogens is 560 g/mol. The first-order chi connectivity index (χ1) is 20.5. The third kappa shape index (κ3) is 6.77. The normalized spacial score (nSPS) is 34.5. The van der Waals surface area contributed by atoms with Gasteiger partial charge in [-0.3, -0.25) is 14.4 Å². The van der Waals surface area contributed by atoms with Gasteiger partial charge in [0.05, 0.1) is 6.42 Å². The summed E-state index contributed by atoms with van der Waals surface area (Å²) < 4.78 is 18.3. The first-order valence-electron chi connectivity index (χ1n) is 15.4. The van der Waals surface area contributed by atoms with Crippen molar-refractivity contribution in [3.63, 3.8) is 0 Å². The summed E-state index contributed by atoms with van der Waals surface area (Å²) in [5, 5.41) is 24.4. The molecule has 5 fully saturated rings. The van der Waals surface area contributed by atoms with Crippen LogP contribution in [0.4, 0.5) is 0 Å². The fourth-order valence-corrected chi connectivity index (χ4v) is 7.14. The lowest BCUT2D eigenvalue weighted by Gasteiger charge is -2.59. The molecule has 6 rings (SSSR count). The molecule has 12 nitrogen and oxygen atoms in total. The highest BCUT2D eigenvalue weighted by Crippen LogP contribution is 2.60. The van der Waals surface area contributed by atoms with Crippen LogP contribution >= 0.6 is 0 Å². The van der Waals surface area contributed by atoms with E-state index < -0.39 is 29.9 Å². The Bertz CT molecular complexity index is 1200. The Hall–Kier alpha value is -2.93. The minimum absolute atomic E-state index is 0.0342. The van der Waals surface area contributed by atoms with Crippen molar-refractivity contribution in [1.82, 2.24) is 10.6 Å². The zero-order valence-corrected chi connectivity index (χ0v) is 25.1. The lowest BCUT2D eigenvalue weighted by atomic mass is 9.58. The van der Waals surface area contributed by atoms with Gasteiger partial charge in [-0.05, 0) is 68.6 Å². The molecule has 1 aromatic rings. The molecule has 1 aliphatic carbocycles. The van der Waals surface area contributed by atoms with E-state index in [1.807, 2.05) is 13.8 Å². The van der Waals surface area contributed by atoms with Gasteiger partial charge in [0, 0.05) is 44.2 Å². The first-order valence-corrected chi connectivity index (χ1v) is 15.4. The highest BCUT2D eigenvalue weighted by atomic mass is 17.3. The Labute approximate surface area is 251 Å². The Kier molecular flexibility index (Phi) is 9.50. The van der Waals surface area contributed by atoms with Crippen molar-refractivity contribution in [2.75, 3.05) is 13.1 Å². The maximum absolute atomic E-state index is 12.7. The van der Waals surface area contributed by atoms with Crippen molar-refractivity contribution in [1.29, 1.82) is 0 Å². The van der Waals surface area contributed by atoms with Gasteiger partial charge in [0.15, 0.2) is 23.4 Å². The molecule has 1 saturated carbocycles. The Balaban J connectivity index is 1.01. The molecule has 4 aliphatic heterocycles. The van der Waals surface area contributed by atoms with Gasteiger partial charge in [-0.2, -0.15) is 0 Å². The Morgan fingerprint density at radius 1 is 0.953 bits per heavy atom. The number of phenolic OH excluding ortho intramolecular Hbond substituents is 2. The van der Waals surface area contributed by atoms with Crippen LogP contribution in [0.5, 0.6) is 11.5 Å². The molecule has 1 spiro atoms. The third-order valence-corrected chi connectivity index (χ3v) is 9.58. The number of amides is 2. The van der Waals surface area contributed by atoms with E-state index in [2.05, 4.69) is 17.6 Å². The number of aromatic hydroxyl groups is 2. The summed E-state index contributed by atoms with van der Waals surface area (Å²) >= 11 is 0. The molecule has 238 valence electrons. The van der Waals surface area contributed by atoms with Gasteiger partial charge in [0.1, 0.15) is 0 Å². The number of nitrogens with one attached hydrogen (secondary N) is 2. The second-order valence-corrected chi connectivity index (χ2v) is 12.6. The van der Waals surface area contributed by atoms with Crippen molar-refractivity contribution < 1.29 is 48.6 Å². The van der Waals surface area contributed by atoms with Crippen LogP contribution in [0.15, 0.2) is 18.2 Å². The van der Waals surface area contributed by atoms with Crippen LogP contribution in [-0.2, 0) is 44.8 Å². The van der Waals surface area contributed by atoms with E-state index >= 15 is 0 Å². The lowest BCUT2D eigenvalue weighted by molar-refractivity contribution is -0.576. The number of carbonyl (C=O) groups is 3. The molecule has 0 unspecified atom stereocenters. The zero-order valence-electron chi connectivity index (χ0n) is 25.1. The van der Waals surface area contributed by atoms with E-state index in [1.165, 1.54) is 12.1 Å². The molecule has 0 radical (unpaired) electrons. The van der Waals surface area contributed by atoms with Crippen molar-refractivity contribution in [2.45, 2.75) is 103 Å². The van der Waals surface area contributed by atoms with Crippen molar-refractivity contribution >= 4 is 17.8 Å². The third-order valence-electron chi connectivity index (χ3n) is 9.58. The van der Waals surface area contributed by atoms with Crippen LogP contribution in [0.1, 0.15) is 77.7 Å². The summed E-state index contributed by atoms with van der Waals surface area (Å²) in [6, 6.07) is 4.53. The van der Waals surface area contributed by atoms with Crippen molar-refractivity contribution in [2.24, 2.45) is 23.7 Å². The number of esters is 1. The smallest absolute Gasteiger partial charge is 0.308 e. The quantitative estimate of drug-likeness (QED) is 0.128. The molecule has 5 aliphatic rings. The SMILES string of the molecule is C[C@@H]1[C@H](OC(=O)CCC(=O)NCCCC(=O)NCCc2ccc(O)c(O)c2)O[C@H]2O[C@@]3(C)CC[C@H]4[C@H](C)CC[C@H]1[C@@]24OO3. The second-order valence-electron chi connectivity index (χ2n) is 12.6. The summed E-state index contributed by atoms with van der Waals surface area (Å²) in [5.74, 6) is -1.73. The van der Waals surface area contributed by atoms with Crippen molar-refractivity contribution in [3.8, 4) is 11.5 Å². The Morgan fingerprint density at radius 2 is 1.72 bits per heavy atom. The van der Waals surface area contributed by atoms with Crippen LogP contribution in [-0.4, -0.2) is 65.1 Å². The number of rotatable bonds is 11. The number of ether oxygens (including phenoxy) is 3. The van der Waals surface area contributed by atoms with Gasteiger partial charge in [-0.15, -0.1) is 0 Å². The van der Waals surface area contributed by atoms with E-state index in [0.29, 0.717) is 38.3 Å². The highest BCUT2D eigenvalue weighted by molar-refractivity contribution is 5.81. The summed E-state index contributed by atoms with van der Waals surface area (Å²) in [5.41, 5.74) is 0.0543. The zero-order chi connectivity index (χ0) is 30.8. The van der Waals surface area contributed by atoms with Crippen LogP contribution in [0.2, 0.25) is 0 Å². The van der Waals surface area contributed by atoms with E-state index in [1.54, 1.807) is 6.07 Å². The average molecular weight is 605 g/mol. The van der Waals surface area contributed by atoms with Gasteiger partial charge >= 0.3 is 5.97 Å². The van der Waals surface area contributed by atoms with Gasteiger partial charge in [0.25, 0.3) is 0 Å². The molecule has 0 aromatic heterocycles. The fourth-order valence-electron chi connectivity index (χ4n) is 7.14. The average Bonchev–Trinajstić information content (AvgIpc) is 3.20. The molecule has 8 atom stereocenters. The molecule has 1 aromatic carbocycles. The maximum atomic E-state index is 12.7. The molecule has 4 heterocycles. The summed E-state index contributed by atoms with van der Waals surface area (Å²) in [6.45, 7) is 6.78. The molecule has 4 N–H and O–H groups in total. The van der Waals surface area contributed by atoms with Gasteiger partial charge in [0.2, 0.25) is 23.9 Å². The second kappa shape index (κ2) is 13.0. The predicted octanol–water partition coefficient (Wildman–Crippen LogP) is 3.18. The number of carbonyl (C=O) groups excluding carboxylic acids is 3. The fraction of sp³-hybridized carbons (Fsp3) is 0.710. The number of hydrogen-bond donors (Lipinski definition) is 4. The molecule has 2 amide bonds. The van der Waals surface area contributed by atoms with Gasteiger partial charge < -0.3 is 35.1 Å². The topological polar surface area (TPSA) is 162 Å². The summed E-state index contributed by atoms with van der Waals surface area (Å²) in [7, 11) is 0. The van der Waals surface area contributed by atoms with E-state index in [4.69, 9.17) is 24.0 Å². The number of phenols is 2. The Morgan fingerprint density at radius 3 is 2.51 bits per heavy atom. The van der Waals surface area contributed by atoms with Crippen LogP contribution < -0.4 is 10.6 Å². The molecule has 12 heteroatoms. The molecule has 2 bridgehead atoms. The number of benzene rings is 1. The number of fused-ring (bicyclic) bond motifs is 2. The predicted molar refractivity (Wildman–Crippen MR) is 151 cm³/mol. The van der Waals surface area contributed by atoms with E-state index in [-0.39, 0.29) is 60.3 Å². The maximum Gasteiger partial charge on any atom is 0.308 e. The first kappa shape index (κ1) is 31.5. The summed E-state index contributed by atoms with van der Waals surface area (Å²) in [4.78, 5) is 49.0. The lowest BCUT2D eigenvalue weighted by Crippen LogP contribution is -2.70. The minimum Gasteiger partial charge on any atom is -0.504 e. The van der Waals surface area contributed by atoms with E-state index in [0.717, 1.165) is 24.8 Å². The molecule has 43 heavy (non-hydrogen) atoms. The monoisotopic (exact) mass is 604 g/mol. The molecular formula is C31H44N2O10. The minimum atomic E-state index is -0.913. The molecule has 4 saturated heterocycles. The van der Waals surface area contributed by atoms with E-state index in [9.17, 15) is 24.6 Å². The van der Waals surface area contributed by atoms with Crippen molar-refractivity contribution in [3.05, 3.63) is 23.8 Å². The number of hydrogen-bond acceptors (Lipinski definition) is 10. The largest absolute Gasteiger partial charge is 0.504 e. The van der Waals surface area contributed by atoms with Crippen LogP contribution in [0.25, 0.3) is 0 Å². The van der Waals surface area contributed by atoms with Gasteiger partial charge in [-0.25, -0.2) is 9.78 Å². The summed E-state index contributed by atoms with van der Waals surface area (Å²) in [6.07, 6.45) is 3.09.